The van der Waals surface area contributed by atoms with Crippen molar-refractivity contribution in [3.63, 3.8) is 0 Å². The van der Waals surface area contributed by atoms with Gasteiger partial charge in [-0.3, -0.25) is 24.0 Å². The second kappa shape index (κ2) is 61.5. The van der Waals surface area contributed by atoms with E-state index in [0.717, 1.165) is 53.6 Å². The maximum Gasteiger partial charge on any atom is 1.00 e. The quantitative estimate of drug-likeness (QED) is 0.0127. The summed E-state index contributed by atoms with van der Waals surface area (Å²) in [5.41, 5.74) is 2.74. The summed E-state index contributed by atoms with van der Waals surface area (Å²) in [6.45, 7) is 12.1. The number of rotatable bonds is 10. The summed E-state index contributed by atoms with van der Waals surface area (Å²) in [5.74, 6) is -5.19. The van der Waals surface area contributed by atoms with Crippen LogP contribution in [0, 0.1) is 53.3 Å². The predicted molar refractivity (Wildman–Crippen MR) is 425 cm³/mol. The van der Waals surface area contributed by atoms with E-state index in [9.17, 15) is 50.3 Å². The maximum atomic E-state index is 13.0. The number of phenolic OH excluding ortho intramolecular Hbond substituents is 6. The predicted octanol–water partition coefficient (Wildman–Crippen LogP) is 12.3. The van der Waals surface area contributed by atoms with Crippen molar-refractivity contribution in [1.29, 1.82) is 5.26 Å². The van der Waals surface area contributed by atoms with Crippen LogP contribution in [0.25, 0.3) is 4.85 Å². The molecule has 4 heterocycles. The van der Waals surface area contributed by atoms with Gasteiger partial charge in [0.05, 0.1) is 30.9 Å². The van der Waals surface area contributed by atoms with Crippen LogP contribution in [-0.4, -0.2) is 128 Å². The fourth-order valence-electron chi connectivity index (χ4n) is 7.45. The molecule has 0 bridgehead atoms. The van der Waals surface area contributed by atoms with Gasteiger partial charge in [-0.2, -0.15) is 0 Å². The van der Waals surface area contributed by atoms with Crippen molar-refractivity contribution in [2.24, 2.45) is 0 Å². The topological polar surface area (TPSA) is 364 Å². The number of alkyl halides is 1. The minimum absolute atomic E-state index is 0. The molecule has 4 aliphatic rings. The summed E-state index contributed by atoms with van der Waals surface area (Å²) in [6, 6.07) is 20.5. The third-order valence-electron chi connectivity index (χ3n) is 11.9. The minimum atomic E-state index is -1.67. The number of halogens is 17. The molecule has 25 nitrogen and oxygen atoms in total. The van der Waals surface area contributed by atoms with Crippen LogP contribution in [0.3, 0.4) is 0 Å². The van der Waals surface area contributed by atoms with E-state index >= 15 is 0 Å². The first-order valence-corrected chi connectivity index (χ1v) is 37.7. The van der Waals surface area contributed by atoms with Crippen molar-refractivity contribution in [2.75, 3.05) is 41.4 Å². The van der Waals surface area contributed by atoms with Gasteiger partial charge in [0.25, 0.3) is 0 Å². The van der Waals surface area contributed by atoms with Gasteiger partial charge < -0.3 is 101 Å². The van der Waals surface area contributed by atoms with Gasteiger partial charge in [-0.15, -0.1) is 106 Å². The van der Waals surface area contributed by atoms with Crippen molar-refractivity contribution in [3.05, 3.63) is 205 Å². The molecule has 0 atom stereocenters. The summed E-state index contributed by atoms with van der Waals surface area (Å²) in [7, 11) is 9.92. The van der Waals surface area contributed by atoms with Gasteiger partial charge in [0.15, 0.2) is 115 Å². The molecule has 0 aliphatic carbocycles. The van der Waals surface area contributed by atoms with E-state index in [1.54, 1.807) is 24.3 Å². The molecule has 0 unspecified atom stereocenters. The van der Waals surface area contributed by atoms with Gasteiger partial charge in [0.1, 0.15) is 31.4 Å². The molecule has 0 spiro atoms. The number of carbonyl (C=O) groups excluding carboxylic acids is 5. The minimum Gasteiger partial charge on any atom is -1.00 e. The zero-order valence-corrected chi connectivity index (χ0v) is 75.3. The van der Waals surface area contributed by atoms with Gasteiger partial charge in [0.2, 0.25) is 54.4 Å². The van der Waals surface area contributed by atoms with E-state index in [4.69, 9.17) is 131 Å². The molecule has 48 heteroatoms. The first-order chi connectivity index (χ1) is 51.6. The number of nitrogens with zero attached hydrogens (tertiary/aromatic N) is 2. The summed E-state index contributed by atoms with van der Waals surface area (Å²) in [4.78, 5) is 54.2. The largest absolute Gasteiger partial charge is 1.00 e. The smallest absolute Gasteiger partial charge is 1.00 e. The number of phenols is 6. The Hall–Kier alpha value is -5.90. The van der Waals surface area contributed by atoms with Crippen LogP contribution in [0.1, 0.15) is 77.3 Å². The van der Waals surface area contributed by atoms with E-state index in [2.05, 4.69) is 130 Å². The third kappa shape index (κ3) is 41.2. The van der Waals surface area contributed by atoms with Crippen molar-refractivity contribution in [2.45, 2.75) is 26.5 Å². The molecule has 0 amide bonds. The molecule has 8 aromatic rings. The van der Waals surface area contributed by atoms with E-state index in [-0.39, 0.29) is 173 Å². The molecule has 7 N–H and O–H groups in total. The molecule has 0 saturated heterocycles. The second-order valence-corrected chi connectivity index (χ2v) is 35.4. The van der Waals surface area contributed by atoms with Gasteiger partial charge in [0, 0.05) is 69.0 Å². The average molecular weight is 2110 g/mol. The number of fused-ring (bicyclic) bond motifs is 4. The van der Waals surface area contributed by atoms with E-state index < -0.39 is 78.6 Å². The SMILES string of the molecule is BrB(Br)Br.BrB(Br)Br.C.COc1cc(C=O)cc(F)c1O.COc1cc(C=O)cc(F)c1O.ClCc1cc(Cl)c2c(c1)OCO2.O=Cc1cc(F)c2c(c1)OCO2.O=Cc1cc(O)c(O)c(F)c1.O=Cc1cc(O)c(O)c(F)c1.O=S(Cl)Cl.OCc1cc(F)c2c(c1)OCO2.[B].[C-]#N.[C-]#[N+]Cc1cc(Cl)c2c(c1)OCO2.[H-].[Na+].[Na+]. The van der Waals surface area contributed by atoms with E-state index in [1.165, 1.54) is 38.5 Å². The monoisotopic (exact) mass is 2100 g/mol. The summed E-state index contributed by atoms with van der Waals surface area (Å²) in [6.07, 6.45) is 2.27. The van der Waals surface area contributed by atoms with Crippen LogP contribution in [0.4, 0.5) is 26.3 Å². The number of carbonyl (C=O) groups is 5. The van der Waals surface area contributed by atoms with Gasteiger partial charge in [-0.25, -0.2) is 37.1 Å². The Morgan fingerprint density at radius 2 is 0.743 bits per heavy atom. The van der Waals surface area contributed by atoms with Crippen LogP contribution in [0.5, 0.6) is 92.0 Å². The fraction of sp³-hybridized carbons (Fsp3) is 0.154. The standard InChI is InChI=1S/C9H6ClNO2.C8H6Cl2O2.C8H7FO3.C8H5FO3.2C8H7FO3.2C7H5FO3.CN.CH4.2BBr3.B.Cl2OS.2Na.H/c1-11-4-6-2-7(10)9-8(3-6)12-5-13-9;9-3-5-1-6(10)8-7(2-5)11-4-12-8;2*9-6-1-5(3-10)2-7-8(6)12-4-11-7;2*1-12-7-3-5(4-10)2-6(9)8(7)11;2*8-5-1-4(3-9)2-6(10)7(5)11;1-2;;2*2-1(3)4;;1-4(2)3;;;/h2-3H,4-5H2;1-2H,3-4H2;1-2,10H,3-4H2;1-3H,4H2;2*2-4,11H,1H3;2*1-3,10-11H;;1H4;;;;;;;/q;;;;;;;;-1;;;;;;2*+1;-1. The zero-order valence-electron chi connectivity index (χ0n) is 58.2. The number of hydrogen-bond donors (Lipinski definition) is 7. The molecule has 113 heavy (non-hydrogen) atoms. The van der Waals surface area contributed by atoms with Crippen LogP contribution >= 0.6 is 151 Å². The Balaban J connectivity index is -0.000000385. The second-order valence-electron chi connectivity index (χ2n) is 18.9. The zero-order chi connectivity index (χ0) is 82.8. The molecule has 597 valence electrons. The molecule has 12 rings (SSSR count). The number of aldehydes is 5. The van der Waals surface area contributed by atoms with Crippen LogP contribution in [0.15, 0.2) is 97.1 Å². The Morgan fingerprint density at radius 1 is 0.478 bits per heavy atom. The molecular formula is C65H53B3Br6Cl5F6N2Na2O23S. The van der Waals surface area contributed by atoms with Gasteiger partial charge in [-0.1, -0.05) is 30.6 Å². The van der Waals surface area contributed by atoms with Crippen LogP contribution < -0.4 is 106 Å². The van der Waals surface area contributed by atoms with Gasteiger partial charge >= 0.3 is 65.5 Å². The molecular weight excluding hydrogens is 2060 g/mol. The first-order valence-electron chi connectivity index (χ1n) is 28.1. The normalized spacial score (nSPS) is 10.4. The molecule has 0 fully saturated rings. The number of aliphatic hydroxyl groups is 1. The Labute approximate surface area is 765 Å². The van der Waals surface area contributed by atoms with E-state index in [1.807, 2.05) is 6.07 Å². The number of hydrogen-bond acceptors (Lipinski definition) is 24. The Bertz CT molecular complexity index is 4230. The number of ether oxygens (including phenoxy) is 10. The number of methoxy groups -OCH3 is 2. The molecule has 4 aliphatic heterocycles. The number of aromatic hydroxyl groups is 6. The van der Waals surface area contributed by atoms with Crippen LogP contribution in [-0.2, 0) is 28.3 Å². The maximum absolute atomic E-state index is 13.0. The molecule has 8 aromatic carbocycles. The third-order valence-corrected chi connectivity index (χ3v) is 12.7. The summed E-state index contributed by atoms with van der Waals surface area (Å²) in [5, 5.41) is 68.9. The summed E-state index contributed by atoms with van der Waals surface area (Å²) < 4.78 is 135. The fourth-order valence-corrected chi connectivity index (χ4v) is 8.18. The Morgan fingerprint density at radius 3 is 1.05 bits per heavy atom. The number of aliphatic hydroxyl groups excluding tert-OH is 1. The number of benzene rings is 8. The molecule has 0 aromatic heterocycles. The Kier molecular flexibility index (Phi) is 61.7. The molecule has 3 radical (unpaired) electrons. The van der Waals surface area contributed by atoms with Crippen molar-refractivity contribution in [1.82, 2.24) is 0 Å². The van der Waals surface area contributed by atoms with Crippen molar-refractivity contribution >= 4 is 206 Å². The van der Waals surface area contributed by atoms with Crippen molar-refractivity contribution in [3.8, 4) is 92.0 Å². The van der Waals surface area contributed by atoms with Crippen LogP contribution in [0.2, 0.25) is 10.0 Å². The van der Waals surface area contributed by atoms with E-state index in [0.29, 0.717) is 88.2 Å². The first kappa shape index (κ1) is 113. The summed E-state index contributed by atoms with van der Waals surface area (Å²) >= 11 is 36.1. The van der Waals surface area contributed by atoms with Crippen molar-refractivity contribution < 1.29 is 198 Å². The average Bonchev–Trinajstić information content (AvgIpc) is 1.25. The van der Waals surface area contributed by atoms with Gasteiger partial charge in [-0.05, 0) is 108 Å². The molecule has 0 saturated carbocycles.